The van der Waals surface area contributed by atoms with Crippen molar-refractivity contribution in [3.63, 3.8) is 0 Å². The van der Waals surface area contributed by atoms with Crippen LogP contribution in [-0.4, -0.2) is 55.2 Å². The zero-order chi connectivity index (χ0) is 23.8. The number of rotatable bonds is 5. The summed E-state index contributed by atoms with van der Waals surface area (Å²) in [6, 6.07) is 14.1. The summed E-state index contributed by atoms with van der Waals surface area (Å²) >= 11 is 0. The second kappa shape index (κ2) is 8.80. The summed E-state index contributed by atoms with van der Waals surface area (Å²) < 4.78 is 7.79. The summed E-state index contributed by atoms with van der Waals surface area (Å²) in [5.74, 6) is 3.08. The van der Waals surface area contributed by atoms with Gasteiger partial charge in [-0.05, 0) is 55.8 Å². The number of ether oxygens (including phenoxy) is 1. The van der Waals surface area contributed by atoms with Crippen molar-refractivity contribution in [2.24, 2.45) is 0 Å². The Kier molecular flexibility index (Phi) is 5.34. The van der Waals surface area contributed by atoms with Gasteiger partial charge in [0.15, 0.2) is 11.5 Å². The molecule has 4 aromatic heterocycles. The van der Waals surface area contributed by atoms with E-state index in [2.05, 4.69) is 42.5 Å². The molecule has 35 heavy (non-hydrogen) atoms. The third-order valence-electron chi connectivity index (χ3n) is 6.08. The average Bonchev–Trinajstić information content (AvgIpc) is 3.34. The summed E-state index contributed by atoms with van der Waals surface area (Å²) in [5.41, 5.74) is 4.16. The van der Waals surface area contributed by atoms with E-state index >= 15 is 0 Å². The monoisotopic (exact) mass is 467 g/mol. The number of pyridine rings is 2. The second-order valence-electron chi connectivity index (χ2n) is 8.69. The Morgan fingerprint density at radius 1 is 1.06 bits per heavy atom. The molecule has 0 bridgehead atoms. The van der Waals surface area contributed by atoms with Crippen LogP contribution in [0.3, 0.4) is 0 Å². The van der Waals surface area contributed by atoms with Crippen LogP contribution >= 0.6 is 0 Å². The number of hydrogen-bond donors (Lipinski definition) is 2. The van der Waals surface area contributed by atoms with E-state index < -0.39 is 0 Å². The molecule has 1 aliphatic rings. The number of hydrogen-bond acceptors (Lipinski definition) is 9. The number of nitrogens with one attached hydrogen (secondary N) is 2. The molecule has 1 aliphatic heterocycles. The van der Waals surface area contributed by atoms with Crippen molar-refractivity contribution < 1.29 is 4.74 Å². The summed E-state index contributed by atoms with van der Waals surface area (Å²) in [4.78, 5) is 20.3. The highest BCUT2D eigenvalue weighted by Gasteiger charge is 2.18. The quantitative estimate of drug-likeness (QED) is 0.400. The van der Waals surface area contributed by atoms with E-state index in [1.165, 1.54) is 6.33 Å². The summed E-state index contributed by atoms with van der Waals surface area (Å²) in [7, 11) is 0. The van der Waals surface area contributed by atoms with Crippen LogP contribution in [0.25, 0.3) is 16.7 Å². The number of benzene rings is 1. The lowest BCUT2D eigenvalue weighted by Gasteiger charge is -2.32. The Morgan fingerprint density at radius 3 is 2.89 bits per heavy atom. The highest BCUT2D eigenvalue weighted by Crippen LogP contribution is 2.30. The molecule has 5 heterocycles. The molecule has 10 nitrogen and oxygen atoms in total. The van der Waals surface area contributed by atoms with Gasteiger partial charge in [-0.15, -0.1) is 0 Å². The molecule has 2 N–H and O–H groups in total. The predicted molar refractivity (Wildman–Crippen MR) is 135 cm³/mol. The summed E-state index contributed by atoms with van der Waals surface area (Å²) in [6.45, 7) is 6.98. The average molecular weight is 468 g/mol. The maximum atomic E-state index is 6.10. The largest absolute Gasteiger partial charge is 0.457 e. The van der Waals surface area contributed by atoms with Crippen molar-refractivity contribution in [3.05, 3.63) is 66.9 Å². The van der Waals surface area contributed by atoms with E-state index in [9.17, 15) is 0 Å². The zero-order valence-electron chi connectivity index (χ0n) is 19.5. The van der Waals surface area contributed by atoms with Gasteiger partial charge >= 0.3 is 0 Å². The predicted octanol–water partition coefficient (Wildman–Crippen LogP) is 3.71. The maximum Gasteiger partial charge on any atom is 0.160 e. The number of nitrogens with zero attached hydrogens (tertiary/aromatic N) is 7. The van der Waals surface area contributed by atoms with E-state index in [1.807, 2.05) is 55.6 Å². The Labute approximate surface area is 202 Å². The maximum absolute atomic E-state index is 6.10. The normalized spacial score (nSPS) is 16.1. The van der Waals surface area contributed by atoms with Crippen molar-refractivity contribution in [1.82, 2.24) is 34.9 Å². The highest BCUT2D eigenvalue weighted by atomic mass is 16.5. The third-order valence-corrected chi connectivity index (χ3v) is 6.08. The minimum Gasteiger partial charge on any atom is -0.457 e. The van der Waals surface area contributed by atoms with E-state index in [4.69, 9.17) is 9.72 Å². The Hall–Kier alpha value is -4.31. The minimum absolute atomic E-state index is 0.424. The van der Waals surface area contributed by atoms with Crippen molar-refractivity contribution in [2.75, 3.05) is 29.9 Å². The fraction of sp³-hybridized carbons (Fsp3) is 0.240. The van der Waals surface area contributed by atoms with Crippen LogP contribution in [-0.2, 0) is 0 Å². The molecule has 1 fully saturated rings. The van der Waals surface area contributed by atoms with Crippen molar-refractivity contribution in [1.29, 1.82) is 0 Å². The number of aryl methyl sites for hydroxylation is 1. The van der Waals surface area contributed by atoms with E-state index in [1.54, 1.807) is 10.8 Å². The first-order valence-corrected chi connectivity index (χ1v) is 11.6. The highest BCUT2D eigenvalue weighted by molar-refractivity contribution is 5.88. The van der Waals surface area contributed by atoms with Crippen LogP contribution in [0, 0.1) is 6.92 Å². The number of anilines is 3. The van der Waals surface area contributed by atoms with Crippen LogP contribution < -0.4 is 20.3 Å². The molecule has 5 aromatic rings. The van der Waals surface area contributed by atoms with Gasteiger partial charge in [0.05, 0.1) is 5.52 Å². The van der Waals surface area contributed by atoms with Gasteiger partial charge in [0.1, 0.15) is 35.5 Å². The van der Waals surface area contributed by atoms with Crippen LogP contribution in [0.5, 0.6) is 11.5 Å². The first-order valence-electron chi connectivity index (χ1n) is 11.6. The molecule has 6 rings (SSSR count). The van der Waals surface area contributed by atoms with Gasteiger partial charge in [-0.3, -0.25) is 0 Å². The minimum atomic E-state index is 0.424. The van der Waals surface area contributed by atoms with E-state index in [-0.39, 0.29) is 0 Å². The molecule has 10 heteroatoms. The van der Waals surface area contributed by atoms with Crippen LogP contribution in [0.4, 0.5) is 17.3 Å². The SMILES string of the molecule is Cc1cc(Nc2ncnc3ccc(N4CCN[C@H](C)C4)nc23)ccc1Oc1ccn2ncnc2c1. The molecule has 176 valence electrons. The van der Waals surface area contributed by atoms with Gasteiger partial charge in [0, 0.05) is 43.6 Å². The van der Waals surface area contributed by atoms with Crippen LogP contribution in [0.1, 0.15) is 12.5 Å². The molecule has 0 saturated carbocycles. The lowest BCUT2D eigenvalue weighted by Crippen LogP contribution is -2.49. The van der Waals surface area contributed by atoms with Crippen molar-refractivity contribution >= 4 is 34.0 Å². The fourth-order valence-corrected chi connectivity index (χ4v) is 4.30. The molecular weight excluding hydrogens is 442 g/mol. The van der Waals surface area contributed by atoms with Crippen molar-refractivity contribution in [2.45, 2.75) is 19.9 Å². The Balaban J connectivity index is 1.25. The molecule has 0 unspecified atom stereocenters. The fourth-order valence-electron chi connectivity index (χ4n) is 4.30. The molecule has 1 atom stereocenters. The van der Waals surface area contributed by atoms with E-state index in [0.29, 0.717) is 17.6 Å². The smallest absolute Gasteiger partial charge is 0.160 e. The standard InChI is InChI=1S/C25H25N9O/c1-16-11-18(3-5-21(16)35-19-7-9-34-23(12-19)28-15-30-34)31-25-24-20(27-14-29-25)4-6-22(32-24)33-10-8-26-17(2)13-33/h3-7,9,11-12,14-15,17,26H,8,10,13H2,1-2H3,(H,27,29,31)/t17-/m1/s1. The Bertz CT molecular complexity index is 1520. The van der Waals surface area contributed by atoms with Gasteiger partial charge in [-0.25, -0.2) is 24.5 Å². The molecule has 0 spiro atoms. The number of fused-ring (bicyclic) bond motifs is 2. The first kappa shape index (κ1) is 21.2. The summed E-state index contributed by atoms with van der Waals surface area (Å²) in [6.07, 6.45) is 4.90. The third kappa shape index (κ3) is 4.31. The number of aromatic nitrogens is 6. The molecule has 0 amide bonds. The molecule has 0 radical (unpaired) electrons. The molecule has 0 aliphatic carbocycles. The van der Waals surface area contributed by atoms with Gasteiger partial charge < -0.3 is 20.3 Å². The topological polar surface area (TPSA) is 105 Å². The van der Waals surface area contributed by atoms with E-state index in [0.717, 1.165) is 59.1 Å². The Morgan fingerprint density at radius 2 is 2.00 bits per heavy atom. The lowest BCUT2D eigenvalue weighted by molar-refractivity contribution is 0.478. The molecule has 1 aromatic carbocycles. The first-order chi connectivity index (χ1) is 17.1. The van der Waals surface area contributed by atoms with Crippen LogP contribution in [0.2, 0.25) is 0 Å². The van der Waals surface area contributed by atoms with Gasteiger partial charge in [-0.2, -0.15) is 5.10 Å². The van der Waals surface area contributed by atoms with Gasteiger partial charge in [-0.1, -0.05) is 0 Å². The molecular formula is C25H25N9O. The zero-order valence-corrected chi connectivity index (χ0v) is 19.5. The second-order valence-corrected chi connectivity index (χ2v) is 8.69. The molecule has 1 saturated heterocycles. The van der Waals surface area contributed by atoms with Crippen LogP contribution in [0.15, 0.2) is 61.3 Å². The number of piperazine rings is 1. The van der Waals surface area contributed by atoms with Gasteiger partial charge in [0.2, 0.25) is 0 Å². The van der Waals surface area contributed by atoms with Gasteiger partial charge in [0.25, 0.3) is 0 Å². The van der Waals surface area contributed by atoms with Crippen molar-refractivity contribution in [3.8, 4) is 11.5 Å². The summed E-state index contributed by atoms with van der Waals surface area (Å²) in [5, 5.41) is 11.0. The lowest BCUT2D eigenvalue weighted by atomic mass is 10.2.